The number of rotatable bonds is 17. The molecule has 0 unspecified atom stereocenters. The van der Waals surface area contributed by atoms with E-state index in [4.69, 9.17) is 11.5 Å². The van der Waals surface area contributed by atoms with Crippen molar-refractivity contribution < 1.29 is 39.0 Å². The quantitative estimate of drug-likeness (QED) is 0.0956. The Bertz CT molecular complexity index is 1370. The molecule has 2 aromatic rings. The molecule has 5 amide bonds. The summed E-state index contributed by atoms with van der Waals surface area (Å²) in [4.78, 5) is 84.7. The Balaban J connectivity index is 1.77. The number of aliphatic carboxylic acids is 1. The van der Waals surface area contributed by atoms with Gasteiger partial charge in [0.1, 0.15) is 29.9 Å². The van der Waals surface area contributed by atoms with Crippen molar-refractivity contribution in [1.82, 2.24) is 30.8 Å². The van der Waals surface area contributed by atoms with Crippen LogP contribution in [0.25, 0.3) is 0 Å². The highest BCUT2D eigenvalue weighted by molar-refractivity contribution is 7.98. The van der Waals surface area contributed by atoms with Crippen LogP contribution in [0.15, 0.2) is 36.8 Å². The Morgan fingerprint density at radius 1 is 1.04 bits per heavy atom. The first-order chi connectivity index (χ1) is 21.9. The van der Waals surface area contributed by atoms with E-state index in [1.54, 1.807) is 12.1 Å². The molecule has 0 aliphatic carbocycles. The lowest BCUT2D eigenvalue weighted by Crippen LogP contribution is -2.59. The number of nitrogens with two attached hydrogens (primary N) is 2. The lowest BCUT2D eigenvalue weighted by molar-refractivity contribution is -0.145. The fraction of sp³-hybridized carbons (Fsp3) is 0.483. The largest absolute Gasteiger partial charge is 0.508 e. The van der Waals surface area contributed by atoms with Gasteiger partial charge in [0.05, 0.1) is 18.8 Å². The Morgan fingerprint density at radius 3 is 2.35 bits per heavy atom. The average Bonchev–Trinajstić information content (AvgIpc) is 3.71. The van der Waals surface area contributed by atoms with E-state index in [9.17, 15) is 39.0 Å². The van der Waals surface area contributed by atoms with Crippen molar-refractivity contribution in [3.05, 3.63) is 48.0 Å². The van der Waals surface area contributed by atoms with Gasteiger partial charge in [0.25, 0.3) is 0 Å². The summed E-state index contributed by atoms with van der Waals surface area (Å²) in [6.45, 7) is 0.219. The molecular formula is C29H40N8O8S. The van der Waals surface area contributed by atoms with Crippen LogP contribution in [0.4, 0.5) is 0 Å². The highest BCUT2D eigenvalue weighted by Crippen LogP contribution is 2.21. The molecule has 46 heavy (non-hydrogen) atoms. The number of aromatic amines is 1. The van der Waals surface area contributed by atoms with Crippen molar-refractivity contribution in [2.45, 2.75) is 68.7 Å². The van der Waals surface area contributed by atoms with Gasteiger partial charge in [-0.2, -0.15) is 11.8 Å². The van der Waals surface area contributed by atoms with Crippen LogP contribution in [0, 0.1) is 0 Å². The topological polar surface area (TPSA) is 263 Å². The molecule has 0 radical (unpaired) electrons. The third-order valence-corrected chi connectivity index (χ3v) is 8.07. The number of primary amides is 1. The normalized spacial score (nSPS) is 16.9. The maximum atomic E-state index is 13.9. The van der Waals surface area contributed by atoms with E-state index in [-0.39, 0.29) is 31.6 Å². The molecule has 1 aromatic carbocycles. The lowest BCUT2D eigenvalue weighted by Gasteiger charge is -2.30. The second kappa shape index (κ2) is 17.2. The number of carboxylic acid groups (broad SMARTS) is 1. The summed E-state index contributed by atoms with van der Waals surface area (Å²) in [6.07, 6.45) is 5.15. The van der Waals surface area contributed by atoms with Crippen molar-refractivity contribution in [1.29, 1.82) is 0 Å². The predicted octanol–water partition coefficient (Wildman–Crippen LogP) is -1.61. The standard InChI is InChI=1S/C29H40N8O8S/c1-46-10-8-20(28(43)37-9-2-3-23(37)27(42)36-22(29(44)45)12-17-14-32-15-33-17)34-26(41)21(11-16-4-6-18(38)7-5-16)35-25(40)19(30)13-24(31)39/h4-7,14-15,19-23,38H,2-3,8-13,30H2,1H3,(H2,31,39)(H,32,33)(H,34,41)(H,35,40)(H,36,42)(H,44,45)/t19-,20-,21-,22-,23-/m0/s1. The molecule has 1 saturated heterocycles. The van der Waals surface area contributed by atoms with Gasteiger partial charge in [-0.15, -0.1) is 0 Å². The number of carboxylic acids is 1. The zero-order chi connectivity index (χ0) is 33.8. The number of likely N-dealkylation sites (tertiary alicyclic amines) is 1. The number of hydrogen-bond donors (Lipinski definition) is 8. The Morgan fingerprint density at radius 2 is 1.74 bits per heavy atom. The van der Waals surface area contributed by atoms with Crippen molar-refractivity contribution in [2.24, 2.45) is 11.5 Å². The highest BCUT2D eigenvalue weighted by atomic mass is 32.2. The Kier molecular flexibility index (Phi) is 13.4. The molecule has 10 N–H and O–H groups in total. The van der Waals surface area contributed by atoms with Crippen molar-refractivity contribution in [3.63, 3.8) is 0 Å². The van der Waals surface area contributed by atoms with Gasteiger partial charge in [-0.05, 0) is 49.0 Å². The van der Waals surface area contributed by atoms with Crippen LogP contribution >= 0.6 is 11.8 Å². The molecule has 250 valence electrons. The van der Waals surface area contributed by atoms with E-state index in [0.717, 1.165) is 0 Å². The van der Waals surface area contributed by atoms with Gasteiger partial charge in [0.15, 0.2) is 0 Å². The number of benzene rings is 1. The molecule has 1 fully saturated rings. The van der Waals surface area contributed by atoms with Crippen LogP contribution < -0.4 is 27.4 Å². The van der Waals surface area contributed by atoms with Gasteiger partial charge in [-0.3, -0.25) is 24.0 Å². The zero-order valence-electron chi connectivity index (χ0n) is 25.3. The first-order valence-corrected chi connectivity index (χ1v) is 16.0. The number of thioether (sulfide) groups is 1. The second-order valence-electron chi connectivity index (χ2n) is 10.9. The maximum absolute atomic E-state index is 13.9. The number of phenols is 1. The number of nitrogens with one attached hydrogen (secondary N) is 4. The van der Waals surface area contributed by atoms with Gasteiger partial charge in [-0.25, -0.2) is 9.78 Å². The number of amides is 5. The maximum Gasteiger partial charge on any atom is 0.326 e. The number of H-pyrrole nitrogens is 1. The number of nitrogens with zero attached hydrogens (tertiary/aromatic N) is 2. The average molecular weight is 661 g/mol. The van der Waals surface area contributed by atoms with Crippen LogP contribution in [-0.4, -0.2) is 109 Å². The monoisotopic (exact) mass is 660 g/mol. The van der Waals surface area contributed by atoms with Crippen LogP contribution in [-0.2, 0) is 41.6 Å². The molecule has 0 spiro atoms. The van der Waals surface area contributed by atoms with Crippen molar-refractivity contribution in [2.75, 3.05) is 18.6 Å². The number of aromatic hydroxyl groups is 1. The minimum Gasteiger partial charge on any atom is -0.508 e. The Hall–Kier alpha value is -4.64. The van der Waals surface area contributed by atoms with Crippen molar-refractivity contribution in [3.8, 4) is 5.75 Å². The minimum absolute atomic E-state index is 0.000168. The second-order valence-corrected chi connectivity index (χ2v) is 11.9. The first-order valence-electron chi connectivity index (χ1n) is 14.6. The highest BCUT2D eigenvalue weighted by Gasteiger charge is 2.39. The fourth-order valence-electron chi connectivity index (χ4n) is 5.02. The van der Waals surface area contributed by atoms with E-state index in [1.165, 1.54) is 41.3 Å². The molecule has 0 saturated carbocycles. The minimum atomic E-state index is -1.31. The van der Waals surface area contributed by atoms with Crippen molar-refractivity contribution >= 4 is 47.3 Å². The van der Waals surface area contributed by atoms with E-state index in [0.29, 0.717) is 29.9 Å². The predicted molar refractivity (Wildman–Crippen MR) is 167 cm³/mol. The van der Waals surface area contributed by atoms with E-state index < -0.39 is 72.1 Å². The number of carbonyl (C=O) groups excluding carboxylic acids is 5. The lowest BCUT2D eigenvalue weighted by atomic mass is 10.0. The van der Waals surface area contributed by atoms with Gasteiger partial charge < -0.3 is 47.5 Å². The van der Waals surface area contributed by atoms with Gasteiger partial charge in [-0.1, -0.05) is 12.1 Å². The van der Waals surface area contributed by atoms with E-state index in [1.807, 2.05) is 6.26 Å². The summed E-state index contributed by atoms with van der Waals surface area (Å²) < 4.78 is 0. The van der Waals surface area contributed by atoms with Crippen LogP contribution in [0.3, 0.4) is 0 Å². The summed E-state index contributed by atoms with van der Waals surface area (Å²) in [5.41, 5.74) is 12.0. The van der Waals surface area contributed by atoms with Crippen LogP contribution in [0.1, 0.15) is 36.9 Å². The zero-order valence-corrected chi connectivity index (χ0v) is 26.1. The molecule has 1 aliphatic heterocycles. The summed E-state index contributed by atoms with van der Waals surface area (Å²) in [6, 6.07) is 0.123. The Labute approximate surface area is 269 Å². The molecule has 3 rings (SSSR count). The molecule has 1 aliphatic rings. The molecular weight excluding hydrogens is 620 g/mol. The molecule has 2 heterocycles. The smallest absolute Gasteiger partial charge is 0.326 e. The molecule has 0 bridgehead atoms. The molecule has 5 atom stereocenters. The number of imidazole rings is 1. The summed E-state index contributed by atoms with van der Waals surface area (Å²) in [7, 11) is 0. The number of phenolic OH excluding ortho intramolecular Hbond substituents is 1. The molecule has 16 nitrogen and oxygen atoms in total. The SMILES string of the molecule is CSCC[C@H](NC(=O)[C@H](Cc1ccc(O)cc1)NC(=O)[C@@H](N)CC(N)=O)C(=O)N1CCC[C@H]1C(=O)N[C@@H](Cc1cnc[nH]1)C(=O)O. The first kappa shape index (κ1) is 35.8. The molecule has 17 heteroatoms. The van der Waals surface area contributed by atoms with E-state index >= 15 is 0 Å². The van der Waals surface area contributed by atoms with Crippen LogP contribution in [0.2, 0.25) is 0 Å². The number of aromatic nitrogens is 2. The number of hydrogen-bond acceptors (Lipinski definition) is 10. The van der Waals surface area contributed by atoms with Gasteiger partial charge >= 0.3 is 5.97 Å². The summed E-state index contributed by atoms with van der Waals surface area (Å²) >= 11 is 1.44. The summed E-state index contributed by atoms with van der Waals surface area (Å²) in [5, 5.41) is 27.1. The summed E-state index contributed by atoms with van der Waals surface area (Å²) in [5.74, 6) is -4.24. The van der Waals surface area contributed by atoms with Gasteiger partial charge in [0.2, 0.25) is 29.5 Å². The fourth-order valence-corrected chi connectivity index (χ4v) is 5.49. The third-order valence-electron chi connectivity index (χ3n) is 7.42. The number of carbonyl (C=O) groups is 6. The van der Waals surface area contributed by atoms with Gasteiger partial charge in [0, 0.05) is 31.3 Å². The third kappa shape index (κ3) is 10.5. The van der Waals surface area contributed by atoms with E-state index in [2.05, 4.69) is 25.9 Å². The molecule has 1 aromatic heterocycles. The van der Waals surface area contributed by atoms with Crippen LogP contribution in [0.5, 0.6) is 5.75 Å².